The second kappa shape index (κ2) is 5.42. The molecule has 0 unspecified atom stereocenters. The van der Waals surface area contributed by atoms with Crippen LogP contribution in [0.15, 0.2) is 53.8 Å². The van der Waals surface area contributed by atoms with Gasteiger partial charge in [-0.2, -0.15) is 0 Å². The lowest BCUT2D eigenvalue weighted by Crippen LogP contribution is -1.95. The molecule has 0 aliphatic rings. The highest BCUT2D eigenvalue weighted by atomic mass is 32.2. The molecular formula is C14H14N4S. The average Bonchev–Trinajstić information content (AvgIpc) is 2.89. The summed E-state index contributed by atoms with van der Waals surface area (Å²) in [7, 11) is 0. The van der Waals surface area contributed by atoms with Gasteiger partial charge in [0.05, 0.1) is 0 Å². The first-order valence-corrected chi connectivity index (χ1v) is 7.06. The van der Waals surface area contributed by atoms with Crippen LogP contribution >= 0.6 is 11.8 Å². The molecule has 0 amide bonds. The third-order valence-electron chi connectivity index (χ3n) is 2.91. The van der Waals surface area contributed by atoms with Crippen LogP contribution in [-0.4, -0.2) is 14.6 Å². The van der Waals surface area contributed by atoms with E-state index in [1.54, 1.807) is 11.8 Å². The standard InChI is InChI=1S/C14H14N4S/c15-9-11-4-6-12(7-5-11)10-19-14-17-16-13-3-1-2-8-18(13)14/h1-8H,9-10,15H2. The highest BCUT2D eigenvalue weighted by Gasteiger charge is 2.05. The molecule has 0 fully saturated rings. The van der Waals surface area contributed by atoms with E-state index in [9.17, 15) is 0 Å². The number of thioether (sulfide) groups is 1. The fourth-order valence-corrected chi connectivity index (χ4v) is 2.72. The minimum absolute atomic E-state index is 0.586. The topological polar surface area (TPSA) is 56.2 Å². The zero-order valence-corrected chi connectivity index (χ0v) is 11.2. The van der Waals surface area contributed by atoms with Crippen molar-refractivity contribution in [2.24, 2.45) is 5.73 Å². The van der Waals surface area contributed by atoms with Crippen molar-refractivity contribution < 1.29 is 0 Å². The largest absolute Gasteiger partial charge is 0.326 e. The smallest absolute Gasteiger partial charge is 0.195 e. The first-order chi connectivity index (χ1) is 9.36. The van der Waals surface area contributed by atoms with E-state index in [1.165, 1.54) is 5.56 Å². The van der Waals surface area contributed by atoms with Crippen molar-refractivity contribution in [3.63, 3.8) is 0 Å². The van der Waals surface area contributed by atoms with Crippen molar-refractivity contribution in [2.45, 2.75) is 17.5 Å². The monoisotopic (exact) mass is 270 g/mol. The Morgan fingerprint density at radius 3 is 2.58 bits per heavy atom. The van der Waals surface area contributed by atoms with Crippen molar-refractivity contribution >= 4 is 17.4 Å². The number of nitrogens with zero attached hydrogens (tertiary/aromatic N) is 3. The van der Waals surface area contributed by atoms with Crippen LogP contribution in [-0.2, 0) is 12.3 Å². The van der Waals surface area contributed by atoms with E-state index in [4.69, 9.17) is 5.73 Å². The zero-order valence-electron chi connectivity index (χ0n) is 10.4. The maximum absolute atomic E-state index is 5.59. The summed E-state index contributed by atoms with van der Waals surface area (Å²) in [5.41, 5.74) is 8.88. The van der Waals surface area contributed by atoms with E-state index < -0.39 is 0 Å². The van der Waals surface area contributed by atoms with Gasteiger partial charge in [0.15, 0.2) is 10.8 Å². The molecule has 4 nitrogen and oxygen atoms in total. The Hall–Kier alpha value is -1.85. The third-order valence-corrected chi connectivity index (χ3v) is 3.92. The molecule has 5 heteroatoms. The maximum Gasteiger partial charge on any atom is 0.195 e. The van der Waals surface area contributed by atoms with Crippen molar-refractivity contribution in [3.8, 4) is 0 Å². The van der Waals surface area contributed by atoms with Gasteiger partial charge >= 0.3 is 0 Å². The van der Waals surface area contributed by atoms with Gasteiger partial charge < -0.3 is 5.73 Å². The zero-order chi connectivity index (χ0) is 13.1. The Labute approximate surface area is 115 Å². The number of fused-ring (bicyclic) bond motifs is 1. The van der Waals surface area contributed by atoms with Crippen LogP contribution in [0.25, 0.3) is 5.65 Å². The van der Waals surface area contributed by atoms with Crippen LogP contribution < -0.4 is 5.73 Å². The van der Waals surface area contributed by atoms with Gasteiger partial charge in [-0.15, -0.1) is 10.2 Å². The Kier molecular flexibility index (Phi) is 3.48. The van der Waals surface area contributed by atoms with E-state index in [2.05, 4.69) is 34.5 Å². The molecule has 0 aliphatic heterocycles. The second-order valence-corrected chi connectivity index (χ2v) is 5.16. The number of rotatable bonds is 4. The Balaban J connectivity index is 1.74. The summed E-state index contributed by atoms with van der Waals surface area (Å²) in [6, 6.07) is 14.3. The number of pyridine rings is 1. The highest BCUT2D eigenvalue weighted by Crippen LogP contribution is 2.21. The predicted octanol–water partition coefficient (Wildman–Crippen LogP) is 2.48. The van der Waals surface area contributed by atoms with Gasteiger partial charge in [-0.25, -0.2) is 0 Å². The predicted molar refractivity (Wildman–Crippen MR) is 76.9 cm³/mol. The third kappa shape index (κ3) is 2.62. The van der Waals surface area contributed by atoms with Gasteiger partial charge in [0.25, 0.3) is 0 Å². The number of hydrogen-bond acceptors (Lipinski definition) is 4. The minimum atomic E-state index is 0.586. The van der Waals surface area contributed by atoms with Crippen molar-refractivity contribution in [2.75, 3.05) is 0 Å². The SMILES string of the molecule is NCc1ccc(CSc2nnc3ccccn23)cc1. The van der Waals surface area contributed by atoms with Crippen LogP contribution in [0.2, 0.25) is 0 Å². The molecule has 0 atom stereocenters. The molecule has 0 bridgehead atoms. The quantitative estimate of drug-likeness (QED) is 0.740. The first kappa shape index (κ1) is 12.2. The van der Waals surface area contributed by atoms with E-state index in [1.807, 2.05) is 28.8 Å². The van der Waals surface area contributed by atoms with Gasteiger partial charge in [-0.3, -0.25) is 4.40 Å². The molecule has 0 spiro atoms. The summed E-state index contributed by atoms with van der Waals surface area (Å²) in [6.45, 7) is 0.586. The van der Waals surface area contributed by atoms with Crippen molar-refractivity contribution in [1.29, 1.82) is 0 Å². The summed E-state index contributed by atoms with van der Waals surface area (Å²) in [6.07, 6.45) is 1.98. The molecule has 0 radical (unpaired) electrons. The van der Waals surface area contributed by atoms with Gasteiger partial charge in [0.2, 0.25) is 0 Å². The Bertz CT molecular complexity index is 675. The van der Waals surface area contributed by atoms with E-state index in [0.717, 1.165) is 22.1 Å². The first-order valence-electron chi connectivity index (χ1n) is 6.07. The van der Waals surface area contributed by atoms with Crippen LogP contribution in [0.5, 0.6) is 0 Å². The number of benzene rings is 1. The average molecular weight is 270 g/mol. The molecule has 2 N–H and O–H groups in total. The fourth-order valence-electron chi connectivity index (χ4n) is 1.84. The lowest BCUT2D eigenvalue weighted by molar-refractivity contribution is 0.921. The number of aromatic nitrogens is 3. The summed E-state index contributed by atoms with van der Waals surface area (Å²) < 4.78 is 2.00. The summed E-state index contributed by atoms with van der Waals surface area (Å²) in [5, 5.41) is 9.25. The minimum Gasteiger partial charge on any atom is -0.326 e. The fraction of sp³-hybridized carbons (Fsp3) is 0.143. The normalized spacial score (nSPS) is 11.0. The van der Waals surface area contributed by atoms with E-state index in [0.29, 0.717) is 6.54 Å². The molecule has 3 aromatic rings. The van der Waals surface area contributed by atoms with Gasteiger partial charge in [-0.05, 0) is 23.3 Å². The van der Waals surface area contributed by atoms with Gasteiger partial charge in [0.1, 0.15) is 0 Å². The molecule has 96 valence electrons. The van der Waals surface area contributed by atoms with Crippen LogP contribution in [0.1, 0.15) is 11.1 Å². The summed E-state index contributed by atoms with van der Waals surface area (Å²) in [5.74, 6) is 0.876. The maximum atomic E-state index is 5.59. The van der Waals surface area contributed by atoms with Gasteiger partial charge in [0, 0.05) is 18.5 Å². The van der Waals surface area contributed by atoms with E-state index in [-0.39, 0.29) is 0 Å². The number of nitrogens with two attached hydrogens (primary N) is 1. The second-order valence-electron chi connectivity index (χ2n) is 4.22. The van der Waals surface area contributed by atoms with Crippen LogP contribution in [0.3, 0.4) is 0 Å². The molecule has 3 rings (SSSR count). The molecule has 2 heterocycles. The van der Waals surface area contributed by atoms with E-state index >= 15 is 0 Å². The molecule has 0 saturated carbocycles. The van der Waals surface area contributed by atoms with Crippen molar-refractivity contribution in [1.82, 2.24) is 14.6 Å². The van der Waals surface area contributed by atoms with Gasteiger partial charge in [-0.1, -0.05) is 42.1 Å². The van der Waals surface area contributed by atoms with Crippen LogP contribution in [0.4, 0.5) is 0 Å². The van der Waals surface area contributed by atoms with Crippen molar-refractivity contribution in [3.05, 3.63) is 59.8 Å². The number of hydrogen-bond donors (Lipinski definition) is 1. The summed E-state index contributed by atoms with van der Waals surface area (Å²) in [4.78, 5) is 0. The Morgan fingerprint density at radius 1 is 1.00 bits per heavy atom. The van der Waals surface area contributed by atoms with Crippen LogP contribution in [0, 0.1) is 0 Å². The molecular weight excluding hydrogens is 256 g/mol. The molecule has 2 aromatic heterocycles. The highest BCUT2D eigenvalue weighted by molar-refractivity contribution is 7.98. The lowest BCUT2D eigenvalue weighted by atomic mass is 10.1. The molecule has 19 heavy (non-hydrogen) atoms. The summed E-state index contributed by atoms with van der Waals surface area (Å²) >= 11 is 1.68. The molecule has 0 aliphatic carbocycles. The lowest BCUT2D eigenvalue weighted by Gasteiger charge is -2.02. The molecule has 1 aromatic carbocycles. The molecule has 0 saturated heterocycles. The Morgan fingerprint density at radius 2 is 1.79 bits per heavy atom.